The van der Waals surface area contributed by atoms with Crippen LogP contribution >= 0.6 is 0 Å². The van der Waals surface area contributed by atoms with Gasteiger partial charge in [0.2, 0.25) is 0 Å². The van der Waals surface area contributed by atoms with Crippen molar-refractivity contribution in [1.82, 2.24) is 0 Å². The van der Waals surface area contributed by atoms with Crippen LogP contribution in [-0.4, -0.2) is 18.6 Å². The van der Waals surface area contributed by atoms with E-state index >= 15 is 0 Å². The number of hydrogen-bond acceptors (Lipinski definition) is 3. The monoisotopic (exact) mass is 191 g/mol. The van der Waals surface area contributed by atoms with Gasteiger partial charge >= 0.3 is 0 Å². The average Bonchev–Trinajstić information content (AvgIpc) is 2.20. The Bertz CT molecular complexity index is 306. The SMILES string of the molecule is Cc1ccc(N[C@H](C=O)CC=O)cc1. The molecule has 0 radical (unpaired) electrons. The molecule has 3 heteroatoms. The zero-order valence-electron chi connectivity index (χ0n) is 8.07. The lowest BCUT2D eigenvalue weighted by Gasteiger charge is -2.10. The van der Waals surface area contributed by atoms with Crippen LogP contribution in [0.25, 0.3) is 0 Å². The molecular formula is C11H13NO2. The number of aryl methyl sites for hydroxylation is 1. The molecule has 1 rings (SSSR count). The highest BCUT2D eigenvalue weighted by Gasteiger charge is 2.04. The molecule has 3 nitrogen and oxygen atoms in total. The fraction of sp³-hybridized carbons (Fsp3) is 0.273. The van der Waals surface area contributed by atoms with E-state index in [0.29, 0.717) is 0 Å². The third-order valence-corrected chi connectivity index (χ3v) is 1.92. The van der Waals surface area contributed by atoms with E-state index in [9.17, 15) is 9.59 Å². The molecule has 0 aliphatic rings. The number of nitrogens with one attached hydrogen (secondary N) is 1. The van der Waals surface area contributed by atoms with E-state index in [-0.39, 0.29) is 6.42 Å². The predicted molar refractivity (Wildman–Crippen MR) is 55.3 cm³/mol. The predicted octanol–water partition coefficient (Wildman–Crippen LogP) is 1.56. The second-order valence-corrected chi connectivity index (χ2v) is 3.16. The van der Waals surface area contributed by atoms with Crippen LogP contribution in [0.4, 0.5) is 5.69 Å². The van der Waals surface area contributed by atoms with E-state index in [0.717, 1.165) is 23.8 Å². The van der Waals surface area contributed by atoms with E-state index in [4.69, 9.17) is 0 Å². The molecule has 0 amide bonds. The summed E-state index contributed by atoms with van der Waals surface area (Å²) in [5.41, 5.74) is 2.02. The van der Waals surface area contributed by atoms with E-state index in [2.05, 4.69) is 5.32 Å². The molecule has 0 saturated carbocycles. The van der Waals surface area contributed by atoms with Crippen LogP contribution < -0.4 is 5.32 Å². The Morgan fingerprint density at radius 2 is 1.93 bits per heavy atom. The maximum atomic E-state index is 10.5. The lowest BCUT2D eigenvalue weighted by molar-refractivity contribution is -0.112. The molecule has 1 aromatic carbocycles. The smallest absolute Gasteiger partial charge is 0.142 e. The van der Waals surface area contributed by atoms with E-state index in [1.54, 1.807) is 0 Å². The molecular weight excluding hydrogens is 178 g/mol. The fourth-order valence-corrected chi connectivity index (χ4v) is 1.12. The molecule has 0 spiro atoms. The van der Waals surface area contributed by atoms with Crippen LogP contribution in [0.15, 0.2) is 24.3 Å². The number of aldehydes is 2. The fourth-order valence-electron chi connectivity index (χ4n) is 1.12. The summed E-state index contributed by atoms with van der Waals surface area (Å²) in [7, 11) is 0. The van der Waals surface area contributed by atoms with Gasteiger partial charge in [0.1, 0.15) is 12.6 Å². The molecule has 0 unspecified atom stereocenters. The molecule has 0 heterocycles. The molecule has 0 bridgehead atoms. The molecule has 0 aliphatic heterocycles. The quantitative estimate of drug-likeness (QED) is 0.718. The first-order valence-corrected chi connectivity index (χ1v) is 4.48. The average molecular weight is 191 g/mol. The number of anilines is 1. The summed E-state index contributed by atoms with van der Waals surface area (Å²) in [6, 6.07) is 7.25. The highest BCUT2D eigenvalue weighted by Crippen LogP contribution is 2.09. The second-order valence-electron chi connectivity index (χ2n) is 3.16. The topological polar surface area (TPSA) is 46.2 Å². The molecule has 1 aromatic rings. The Balaban J connectivity index is 2.62. The first-order valence-electron chi connectivity index (χ1n) is 4.48. The van der Waals surface area contributed by atoms with E-state index < -0.39 is 6.04 Å². The molecule has 0 aliphatic carbocycles. The lowest BCUT2D eigenvalue weighted by Crippen LogP contribution is -2.21. The maximum absolute atomic E-state index is 10.5. The number of hydrogen-bond donors (Lipinski definition) is 1. The Kier molecular flexibility index (Phi) is 3.85. The summed E-state index contributed by atoms with van der Waals surface area (Å²) in [5, 5.41) is 2.96. The highest BCUT2D eigenvalue weighted by molar-refractivity contribution is 5.70. The van der Waals surface area contributed by atoms with Gasteiger partial charge in [-0.3, -0.25) is 0 Å². The van der Waals surface area contributed by atoms with Gasteiger partial charge in [-0.05, 0) is 19.1 Å². The lowest BCUT2D eigenvalue weighted by atomic mass is 10.2. The summed E-state index contributed by atoms with van der Waals surface area (Å²) in [5.74, 6) is 0. The van der Waals surface area contributed by atoms with Crippen molar-refractivity contribution in [2.75, 3.05) is 5.32 Å². The van der Waals surface area contributed by atoms with Gasteiger partial charge in [0.05, 0.1) is 6.04 Å². The van der Waals surface area contributed by atoms with Gasteiger partial charge in [-0.2, -0.15) is 0 Å². The Morgan fingerprint density at radius 3 is 2.43 bits per heavy atom. The van der Waals surface area contributed by atoms with Crippen LogP contribution in [0.2, 0.25) is 0 Å². The van der Waals surface area contributed by atoms with Gasteiger partial charge in [-0.25, -0.2) is 0 Å². The van der Waals surface area contributed by atoms with Crippen LogP contribution in [-0.2, 0) is 9.59 Å². The summed E-state index contributed by atoms with van der Waals surface area (Å²) in [6.07, 6.45) is 1.69. The minimum atomic E-state index is -0.421. The second kappa shape index (κ2) is 5.17. The van der Waals surface area contributed by atoms with Crippen molar-refractivity contribution < 1.29 is 9.59 Å². The normalized spacial score (nSPS) is 11.8. The zero-order valence-corrected chi connectivity index (χ0v) is 8.07. The summed E-state index contributed by atoms with van der Waals surface area (Å²) in [6.45, 7) is 1.99. The highest BCUT2D eigenvalue weighted by atomic mass is 16.1. The molecule has 74 valence electrons. The van der Waals surface area contributed by atoms with Crippen LogP contribution in [0.1, 0.15) is 12.0 Å². The standard InChI is InChI=1S/C11H13NO2/c1-9-2-4-10(5-3-9)12-11(8-14)6-7-13/h2-5,7-8,11-12H,6H2,1H3/t11-/m0/s1. The molecule has 0 aromatic heterocycles. The van der Waals surface area contributed by atoms with Crippen LogP contribution in [0.5, 0.6) is 0 Å². The Labute approximate surface area is 83.1 Å². The Hall–Kier alpha value is -1.64. The Morgan fingerprint density at radius 1 is 1.29 bits per heavy atom. The zero-order chi connectivity index (χ0) is 10.4. The molecule has 1 atom stereocenters. The molecule has 14 heavy (non-hydrogen) atoms. The minimum Gasteiger partial charge on any atom is -0.375 e. The van der Waals surface area contributed by atoms with Crippen LogP contribution in [0, 0.1) is 6.92 Å². The van der Waals surface area contributed by atoms with Gasteiger partial charge in [0.15, 0.2) is 0 Å². The van der Waals surface area contributed by atoms with Crippen molar-refractivity contribution in [3.8, 4) is 0 Å². The summed E-state index contributed by atoms with van der Waals surface area (Å²) < 4.78 is 0. The van der Waals surface area contributed by atoms with Gasteiger partial charge < -0.3 is 14.9 Å². The number of rotatable bonds is 5. The van der Waals surface area contributed by atoms with Gasteiger partial charge in [0, 0.05) is 12.1 Å². The summed E-state index contributed by atoms with van der Waals surface area (Å²) in [4.78, 5) is 20.8. The first-order chi connectivity index (χ1) is 6.76. The van der Waals surface area contributed by atoms with Gasteiger partial charge in [-0.1, -0.05) is 17.7 Å². The third kappa shape index (κ3) is 3.01. The number of carbonyl (C=O) groups excluding carboxylic acids is 2. The van der Waals surface area contributed by atoms with Gasteiger partial charge in [-0.15, -0.1) is 0 Å². The van der Waals surface area contributed by atoms with Crippen molar-refractivity contribution in [3.63, 3.8) is 0 Å². The van der Waals surface area contributed by atoms with Crippen molar-refractivity contribution in [3.05, 3.63) is 29.8 Å². The van der Waals surface area contributed by atoms with Crippen molar-refractivity contribution in [1.29, 1.82) is 0 Å². The maximum Gasteiger partial charge on any atom is 0.142 e. The van der Waals surface area contributed by atoms with Crippen LogP contribution in [0.3, 0.4) is 0 Å². The van der Waals surface area contributed by atoms with E-state index in [1.807, 2.05) is 31.2 Å². The molecule has 1 N–H and O–H groups in total. The van der Waals surface area contributed by atoms with Crippen molar-refractivity contribution in [2.45, 2.75) is 19.4 Å². The first kappa shape index (κ1) is 10.4. The minimum absolute atomic E-state index is 0.206. The van der Waals surface area contributed by atoms with Gasteiger partial charge in [0.25, 0.3) is 0 Å². The third-order valence-electron chi connectivity index (χ3n) is 1.92. The molecule has 0 saturated heterocycles. The summed E-state index contributed by atoms with van der Waals surface area (Å²) >= 11 is 0. The molecule has 0 fully saturated rings. The van der Waals surface area contributed by atoms with Crippen molar-refractivity contribution >= 4 is 18.3 Å². The van der Waals surface area contributed by atoms with E-state index in [1.165, 1.54) is 0 Å². The largest absolute Gasteiger partial charge is 0.375 e. The number of benzene rings is 1. The number of carbonyl (C=O) groups is 2. The van der Waals surface area contributed by atoms with Crippen molar-refractivity contribution in [2.24, 2.45) is 0 Å².